The highest BCUT2D eigenvalue weighted by Gasteiger charge is 2.22. The summed E-state index contributed by atoms with van der Waals surface area (Å²) in [5, 5.41) is 7.64. The van der Waals surface area contributed by atoms with E-state index in [0.717, 1.165) is 12.5 Å². The fourth-order valence-corrected chi connectivity index (χ4v) is 2.68. The summed E-state index contributed by atoms with van der Waals surface area (Å²) in [5.41, 5.74) is 0.174. The van der Waals surface area contributed by atoms with E-state index in [1.165, 1.54) is 25.8 Å². The van der Waals surface area contributed by atoms with E-state index < -0.39 is 26.6 Å². The summed E-state index contributed by atoms with van der Waals surface area (Å²) >= 11 is 0. The third-order valence-corrected chi connectivity index (χ3v) is 4.24. The van der Waals surface area contributed by atoms with Crippen LogP contribution in [-0.2, 0) is 10.0 Å². The Morgan fingerprint density at radius 3 is 2.65 bits per heavy atom. The average Bonchev–Trinajstić information content (AvgIpc) is 3.14. The first-order valence-electron chi connectivity index (χ1n) is 6.40. The summed E-state index contributed by atoms with van der Waals surface area (Å²) in [6.45, 7) is 1.93. The lowest BCUT2D eigenvalue weighted by atomic mass is 10.1. The molecule has 0 aliphatic heterocycles. The van der Waals surface area contributed by atoms with Crippen LogP contribution in [0.4, 0.5) is 4.39 Å². The van der Waals surface area contributed by atoms with Crippen LogP contribution < -0.4 is 10.5 Å². The lowest BCUT2D eigenvalue weighted by Crippen LogP contribution is -2.25. The quantitative estimate of drug-likeness (QED) is 0.859. The van der Waals surface area contributed by atoms with Crippen molar-refractivity contribution in [1.82, 2.24) is 5.32 Å². The summed E-state index contributed by atoms with van der Waals surface area (Å²) in [6.07, 6.45) is 3.30. The molecule has 5 nitrogen and oxygen atoms in total. The van der Waals surface area contributed by atoms with Crippen LogP contribution in [-0.4, -0.2) is 20.9 Å². The Balaban J connectivity index is 2.18. The molecular formula is C13H17FN2O3S. The largest absolute Gasteiger partial charge is 0.352 e. The molecular weight excluding hydrogens is 283 g/mol. The van der Waals surface area contributed by atoms with Gasteiger partial charge in [-0.1, -0.05) is 12.8 Å². The fourth-order valence-electron chi connectivity index (χ4n) is 1.97. The molecule has 0 heterocycles. The maximum absolute atomic E-state index is 13.7. The van der Waals surface area contributed by atoms with Crippen LogP contribution in [0.25, 0.3) is 0 Å². The van der Waals surface area contributed by atoms with Gasteiger partial charge in [0.1, 0.15) is 10.7 Å². The van der Waals surface area contributed by atoms with E-state index in [1.807, 2.05) is 0 Å². The third-order valence-electron chi connectivity index (χ3n) is 3.32. The molecule has 1 aromatic carbocycles. The first-order valence-corrected chi connectivity index (χ1v) is 7.95. The number of hydrogen-bond donors (Lipinski definition) is 2. The lowest BCUT2D eigenvalue weighted by molar-refractivity contribution is 0.0952. The van der Waals surface area contributed by atoms with Crippen molar-refractivity contribution in [3.05, 3.63) is 29.1 Å². The van der Waals surface area contributed by atoms with Gasteiger partial charge in [-0.3, -0.25) is 4.79 Å². The van der Waals surface area contributed by atoms with E-state index >= 15 is 0 Å². The highest BCUT2D eigenvalue weighted by Crippen LogP contribution is 2.31. The smallest absolute Gasteiger partial charge is 0.251 e. The van der Waals surface area contributed by atoms with Crippen LogP contribution in [0.5, 0.6) is 0 Å². The van der Waals surface area contributed by atoms with Gasteiger partial charge in [-0.25, -0.2) is 17.9 Å². The van der Waals surface area contributed by atoms with Gasteiger partial charge in [0.05, 0.1) is 0 Å². The maximum atomic E-state index is 13.7. The van der Waals surface area contributed by atoms with Crippen molar-refractivity contribution < 1.29 is 17.6 Å². The van der Waals surface area contributed by atoms with E-state index in [2.05, 4.69) is 5.32 Å². The Bertz CT molecular complexity index is 639. The van der Waals surface area contributed by atoms with Gasteiger partial charge in [0, 0.05) is 12.1 Å². The Morgan fingerprint density at radius 1 is 1.45 bits per heavy atom. The normalized spacial score (nSPS) is 15.2. The van der Waals surface area contributed by atoms with E-state index in [4.69, 9.17) is 5.14 Å². The van der Waals surface area contributed by atoms with Gasteiger partial charge in [-0.2, -0.15) is 0 Å². The van der Waals surface area contributed by atoms with E-state index in [0.29, 0.717) is 12.5 Å². The summed E-state index contributed by atoms with van der Waals surface area (Å²) < 4.78 is 36.3. The Labute approximate surface area is 117 Å². The molecule has 20 heavy (non-hydrogen) atoms. The molecule has 2 rings (SSSR count). The van der Waals surface area contributed by atoms with Crippen molar-refractivity contribution in [2.24, 2.45) is 11.1 Å². The second-order valence-corrected chi connectivity index (χ2v) is 6.67. The molecule has 0 spiro atoms. The molecule has 110 valence electrons. The van der Waals surface area contributed by atoms with E-state index in [1.54, 1.807) is 0 Å². The number of aryl methyl sites for hydroxylation is 1. The van der Waals surface area contributed by atoms with E-state index in [9.17, 15) is 17.6 Å². The molecule has 1 aliphatic carbocycles. The second-order valence-electron chi connectivity index (χ2n) is 5.14. The number of sulfonamides is 1. The topological polar surface area (TPSA) is 89.3 Å². The fraction of sp³-hybridized carbons (Fsp3) is 0.462. The van der Waals surface area contributed by atoms with Gasteiger partial charge in [-0.05, 0) is 37.0 Å². The maximum Gasteiger partial charge on any atom is 0.251 e. The molecule has 1 amide bonds. The molecule has 3 N–H and O–H groups in total. The zero-order valence-corrected chi connectivity index (χ0v) is 12.0. The number of hydrogen-bond acceptors (Lipinski definition) is 3. The Kier molecular flexibility index (Phi) is 4.10. The molecule has 0 atom stereocenters. The first kappa shape index (κ1) is 14.9. The minimum atomic E-state index is -4.19. The van der Waals surface area contributed by atoms with Gasteiger partial charge in [0.2, 0.25) is 10.0 Å². The van der Waals surface area contributed by atoms with Crippen molar-refractivity contribution in [1.29, 1.82) is 0 Å². The number of primary sulfonamides is 1. The molecule has 0 unspecified atom stereocenters. The highest BCUT2D eigenvalue weighted by atomic mass is 32.2. The van der Waals surface area contributed by atoms with Crippen molar-refractivity contribution in [3.8, 4) is 0 Å². The van der Waals surface area contributed by atoms with Crippen LogP contribution in [0, 0.1) is 18.7 Å². The highest BCUT2D eigenvalue weighted by molar-refractivity contribution is 7.89. The van der Waals surface area contributed by atoms with Gasteiger partial charge >= 0.3 is 0 Å². The van der Waals surface area contributed by atoms with Crippen molar-refractivity contribution >= 4 is 15.9 Å². The standard InChI is InChI=1S/C13H17FN2O3S/c1-8-6-10(7-11(12(8)14)20(15,18)19)13(17)16-5-4-9-2-3-9/h6-7,9H,2-5H2,1H3,(H,16,17)(H2,15,18,19). The molecule has 0 saturated heterocycles. The van der Waals surface area contributed by atoms with Gasteiger partial charge < -0.3 is 5.32 Å². The number of amides is 1. The third kappa shape index (κ3) is 3.55. The number of carbonyl (C=O) groups is 1. The minimum absolute atomic E-state index is 0.0730. The summed E-state index contributed by atoms with van der Waals surface area (Å²) in [4.78, 5) is 11.3. The van der Waals surface area contributed by atoms with E-state index in [-0.39, 0.29) is 11.1 Å². The molecule has 1 fully saturated rings. The number of benzene rings is 1. The number of nitrogens with two attached hydrogens (primary N) is 1. The molecule has 1 aliphatic rings. The van der Waals surface area contributed by atoms with Crippen LogP contribution >= 0.6 is 0 Å². The minimum Gasteiger partial charge on any atom is -0.352 e. The molecule has 1 saturated carbocycles. The molecule has 0 bridgehead atoms. The number of nitrogens with one attached hydrogen (secondary N) is 1. The molecule has 7 heteroatoms. The summed E-state index contributed by atoms with van der Waals surface area (Å²) in [5.74, 6) is -0.647. The van der Waals surface area contributed by atoms with Gasteiger partial charge in [0.25, 0.3) is 5.91 Å². The first-order chi connectivity index (χ1) is 9.29. The number of carbonyl (C=O) groups excluding carboxylic acids is 1. The zero-order chi connectivity index (χ0) is 14.9. The van der Waals surface area contributed by atoms with Crippen LogP contribution in [0.1, 0.15) is 35.2 Å². The van der Waals surface area contributed by atoms with Crippen molar-refractivity contribution in [2.75, 3.05) is 6.54 Å². The predicted molar refractivity (Wildman–Crippen MR) is 72.2 cm³/mol. The van der Waals surface area contributed by atoms with Crippen molar-refractivity contribution in [2.45, 2.75) is 31.1 Å². The monoisotopic (exact) mass is 300 g/mol. The van der Waals surface area contributed by atoms with Gasteiger partial charge in [0.15, 0.2) is 0 Å². The SMILES string of the molecule is Cc1cc(C(=O)NCCC2CC2)cc(S(N)(=O)=O)c1F. The van der Waals surface area contributed by atoms with Crippen LogP contribution in [0.15, 0.2) is 17.0 Å². The van der Waals surface area contributed by atoms with Crippen molar-refractivity contribution in [3.63, 3.8) is 0 Å². The Hall–Kier alpha value is -1.47. The predicted octanol–water partition coefficient (Wildman–Crippen LogP) is 1.31. The lowest BCUT2D eigenvalue weighted by Gasteiger charge is -2.09. The van der Waals surface area contributed by atoms with Gasteiger partial charge in [-0.15, -0.1) is 0 Å². The Morgan fingerprint density at radius 2 is 2.10 bits per heavy atom. The summed E-state index contributed by atoms with van der Waals surface area (Å²) in [6, 6.07) is 2.29. The van der Waals surface area contributed by atoms with Crippen LogP contribution in [0.3, 0.4) is 0 Å². The average molecular weight is 300 g/mol. The molecule has 0 radical (unpaired) electrons. The second kappa shape index (κ2) is 5.49. The summed E-state index contributed by atoms with van der Waals surface area (Å²) in [7, 11) is -4.19. The zero-order valence-electron chi connectivity index (χ0n) is 11.1. The van der Waals surface area contributed by atoms with Crippen LogP contribution in [0.2, 0.25) is 0 Å². The molecule has 1 aromatic rings. The number of halogens is 1. The molecule has 0 aromatic heterocycles. The number of rotatable bonds is 5.